The van der Waals surface area contributed by atoms with Gasteiger partial charge in [0.15, 0.2) is 0 Å². The zero-order valence-electron chi connectivity index (χ0n) is 11.0. The molecule has 2 N–H and O–H groups in total. The maximum Gasteiger partial charge on any atom is 0.0522 e. The molecule has 1 rings (SSSR count). The first-order chi connectivity index (χ1) is 7.65. The molecule has 0 aliphatic carbocycles. The predicted octanol–water partition coefficient (Wildman–Crippen LogP) is 2.67. The Morgan fingerprint density at radius 2 is 2.19 bits per heavy atom. The second-order valence-corrected chi connectivity index (χ2v) is 4.84. The van der Waals surface area contributed by atoms with E-state index in [0.717, 1.165) is 18.9 Å². The van der Waals surface area contributed by atoms with Crippen LogP contribution in [0.3, 0.4) is 0 Å². The molecule has 92 valence electrons. The quantitative estimate of drug-likeness (QED) is 0.698. The second-order valence-electron chi connectivity index (χ2n) is 4.84. The van der Waals surface area contributed by atoms with Crippen molar-refractivity contribution in [3.05, 3.63) is 17.5 Å². The van der Waals surface area contributed by atoms with Gasteiger partial charge in [0.25, 0.3) is 0 Å². The van der Waals surface area contributed by atoms with Gasteiger partial charge in [-0.05, 0) is 44.2 Å². The zero-order chi connectivity index (χ0) is 12.0. The Hall–Kier alpha value is -0.830. The van der Waals surface area contributed by atoms with Gasteiger partial charge in [0.2, 0.25) is 0 Å². The molecule has 0 fully saturated rings. The largest absolute Gasteiger partial charge is 0.314 e. The first kappa shape index (κ1) is 13.2. The summed E-state index contributed by atoms with van der Waals surface area (Å²) in [5.74, 6) is 0.723. The Kier molecular flexibility index (Phi) is 5.53. The van der Waals surface area contributed by atoms with Gasteiger partial charge in [0, 0.05) is 11.7 Å². The first-order valence-electron chi connectivity index (χ1n) is 6.37. The summed E-state index contributed by atoms with van der Waals surface area (Å²) in [7, 11) is 0. The van der Waals surface area contributed by atoms with Crippen LogP contribution in [-0.4, -0.2) is 22.8 Å². The van der Waals surface area contributed by atoms with Gasteiger partial charge in [-0.2, -0.15) is 5.10 Å². The molecule has 1 aromatic rings. The molecule has 3 nitrogen and oxygen atoms in total. The molecule has 0 saturated carbocycles. The molecule has 1 heterocycles. The summed E-state index contributed by atoms with van der Waals surface area (Å²) in [5, 5.41) is 10.6. The highest BCUT2D eigenvalue weighted by Crippen LogP contribution is 2.07. The lowest BCUT2D eigenvalue weighted by Crippen LogP contribution is -2.34. The van der Waals surface area contributed by atoms with Crippen LogP contribution >= 0.6 is 0 Å². The monoisotopic (exact) mass is 223 g/mol. The highest BCUT2D eigenvalue weighted by molar-refractivity contribution is 5.14. The van der Waals surface area contributed by atoms with Crippen molar-refractivity contribution < 1.29 is 0 Å². The fourth-order valence-corrected chi connectivity index (χ4v) is 2.05. The van der Waals surface area contributed by atoms with Gasteiger partial charge in [-0.3, -0.25) is 5.10 Å². The molecule has 0 aromatic carbocycles. The molecular weight excluding hydrogens is 198 g/mol. The molecule has 1 atom stereocenters. The molecule has 0 spiro atoms. The molecule has 0 bridgehead atoms. The van der Waals surface area contributed by atoms with Crippen LogP contribution in [0.2, 0.25) is 0 Å². The van der Waals surface area contributed by atoms with Crippen LogP contribution in [0.4, 0.5) is 0 Å². The Morgan fingerprint density at radius 1 is 1.44 bits per heavy atom. The Bertz CT molecular complexity index is 291. The van der Waals surface area contributed by atoms with Crippen molar-refractivity contribution in [1.29, 1.82) is 0 Å². The summed E-state index contributed by atoms with van der Waals surface area (Å²) in [5.41, 5.74) is 2.55. The molecule has 0 aliphatic rings. The van der Waals surface area contributed by atoms with E-state index in [1.807, 2.05) is 6.20 Å². The first-order valence-corrected chi connectivity index (χ1v) is 6.37. The summed E-state index contributed by atoms with van der Waals surface area (Å²) < 4.78 is 0. The fourth-order valence-electron chi connectivity index (χ4n) is 2.05. The van der Waals surface area contributed by atoms with Crippen molar-refractivity contribution in [3.63, 3.8) is 0 Å². The van der Waals surface area contributed by atoms with Crippen LogP contribution in [0.15, 0.2) is 6.20 Å². The Morgan fingerprint density at radius 3 is 2.69 bits per heavy atom. The van der Waals surface area contributed by atoms with E-state index in [1.165, 1.54) is 24.1 Å². The van der Waals surface area contributed by atoms with E-state index < -0.39 is 0 Å². The predicted molar refractivity (Wildman–Crippen MR) is 68.6 cm³/mol. The molecule has 0 amide bonds. The normalized spacial score (nSPS) is 13.3. The van der Waals surface area contributed by atoms with Gasteiger partial charge < -0.3 is 5.32 Å². The average Bonchev–Trinajstić information content (AvgIpc) is 2.64. The smallest absolute Gasteiger partial charge is 0.0522 e. The van der Waals surface area contributed by atoms with Crippen LogP contribution < -0.4 is 5.32 Å². The molecule has 0 radical (unpaired) electrons. The van der Waals surface area contributed by atoms with Crippen LogP contribution in [0.1, 0.15) is 44.9 Å². The van der Waals surface area contributed by atoms with Gasteiger partial charge >= 0.3 is 0 Å². The topological polar surface area (TPSA) is 40.7 Å². The number of aryl methyl sites for hydroxylation is 2. The lowest BCUT2D eigenvalue weighted by Gasteiger charge is -2.20. The number of nitrogens with zero attached hydrogens (tertiary/aromatic N) is 1. The van der Waals surface area contributed by atoms with E-state index in [9.17, 15) is 0 Å². The number of hydrogen-bond acceptors (Lipinski definition) is 2. The molecule has 3 heteroatoms. The van der Waals surface area contributed by atoms with Crippen LogP contribution in [0, 0.1) is 12.8 Å². The van der Waals surface area contributed by atoms with Gasteiger partial charge in [-0.15, -0.1) is 0 Å². The number of rotatable bonds is 7. The summed E-state index contributed by atoms with van der Waals surface area (Å²) in [6, 6.07) is 0.658. The lowest BCUT2D eigenvalue weighted by molar-refractivity contribution is 0.387. The fraction of sp³-hybridized carbons (Fsp3) is 0.769. The van der Waals surface area contributed by atoms with E-state index >= 15 is 0 Å². The average molecular weight is 223 g/mol. The van der Waals surface area contributed by atoms with E-state index in [-0.39, 0.29) is 0 Å². The van der Waals surface area contributed by atoms with E-state index in [1.54, 1.807) is 0 Å². The standard InChI is InChI=1S/C13H25N3/c1-5-13(10(2)3)14-8-6-7-12-9-15-16-11(12)4/h9-10,13-14H,5-8H2,1-4H3,(H,15,16). The third-order valence-electron chi connectivity index (χ3n) is 3.21. The van der Waals surface area contributed by atoms with Gasteiger partial charge in [-0.1, -0.05) is 20.8 Å². The third kappa shape index (κ3) is 3.97. The highest BCUT2D eigenvalue weighted by Gasteiger charge is 2.09. The maximum atomic E-state index is 4.03. The van der Waals surface area contributed by atoms with Crippen molar-refractivity contribution in [3.8, 4) is 0 Å². The van der Waals surface area contributed by atoms with Crippen molar-refractivity contribution in [2.75, 3.05) is 6.54 Å². The highest BCUT2D eigenvalue weighted by atomic mass is 15.1. The third-order valence-corrected chi connectivity index (χ3v) is 3.21. The molecule has 16 heavy (non-hydrogen) atoms. The minimum absolute atomic E-state index is 0.658. The minimum atomic E-state index is 0.658. The molecule has 0 saturated heterocycles. The van der Waals surface area contributed by atoms with Gasteiger partial charge in [-0.25, -0.2) is 0 Å². The van der Waals surface area contributed by atoms with E-state index in [4.69, 9.17) is 0 Å². The lowest BCUT2D eigenvalue weighted by atomic mass is 10.0. The van der Waals surface area contributed by atoms with Crippen LogP contribution in [-0.2, 0) is 6.42 Å². The Balaban J connectivity index is 2.19. The van der Waals surface area contributed by atoms with Crippen molar-refractivity contribution in [1.82, 2.24) is 15.5 Å². The molecule has 1 aromatic heterocycles. The minimum Gasteiger partial charge on any atom is -0.314 e. The Labute approximate surface area is 99.0 Å². The van der Waals surface area contributed by atoms with Crippen molar-refractivity contribution in [2.24, 2.45) is 5.92 Å². The zero-order valence-corrected chi connectivity index (χ0v) is 11.0. The number of aromatic amines is 1. The summed E-state index contributed by atoms with van der Waals surface area (Å²) in [6.07, 6.45) is 5.45. The number of hydrogen-bond donors (Lipinski definition) is 2. The van der Waals surface area contributed by atoms with Crippen LogP contribution in [0.5, 0.6) is 0 Å². The maximum absolute atomic E-state index is 4.03. The molecule has 1 unspecified atom stereocenters. The molecule has 0 aliphatic heterocycles. The van der Waals surface area contributed by atoms with Crippen molar-refractivity contribution in [2.45, 2.75) is 53.0 Å². The summed E-state index contributed by atoms with van der Waals surface area (Å²) >= 11 is 0. The van der Waals surface area contributed by atoms with Crippen molar-refractivity contribution >= 4 is 0 Å². The molecular formula is C13H25N3. The second kappa shape index (κ2) is 6.69. The number of H-pyrrole nitrogens is 1. The SMILES string of the molecule is CCC(NCCCc1cn[nH]c1C)C(C)C. The van der Waals surface area contributed by atoms with E-state index in [0.29, 0.717) is 6.04 Å². The summed E-state index contributed by atoms with van der Waals surface area (Å²) in [4.78, 5) is 0. The van der Waals surface area contributed by atoms with Crippen LogP contribution in [0.25, 0.3) is 0 Å². The van der Waals surface area contributed by atoms with Gasteiger partial charge in [0.05, 0.1) is 6.20 Å². The number of nitrogens with one attached hydrogen (secondary N) is 2. The van der Waals surface area contributed by atoms with Gasteiger partial charge in [0.1, 0.15) is 0 Å². The summed E-state index contributed by atoms with van der Waals surface area (Å²) in [6.45, 7) is 9.99. The number of aromatic nitrogens is 2. The van der Waals surface area contributed by atoms with E-state index in [2.05, 4.69) is 43.2 Å².